The first-order valence-corrected chi connectivity index (χ1v) is 8.67. The Morgan fingerprint density at radius 1 is 1.20 bits per heavy atom. The zero-order valence-electron chi connectivity index (χ0n) is 10.7. The van der Waals surface area contributed by atoms with Gasteiger partial charge in [-0.05, 0) is 19.1 Å². The molecule has 0 aliphatic rings. The Morgan fingerprint density at radius 2 is 2.05 bits per heavy atom. The lowest BCUT2D eigenvalue weighted by atomic mass is 10.3. The molecule has 0 aliphatic carbocycles. The third-order valence-electron chi connectivity index (χ3n) is 2.43. The van der Waals surface area contributed by atoms with Gasteiger partial charge in [-0.3, -0.25) is 0 Å². The molecule has 0 saturated heterocycles. The molecule has 2 aromatic heterocycles. The van der Waals surface area contributed by atoms with Crippen LogP contribution < -0.4 is 5.32 Å². The molecule has 1 aromatic carbocycles. The van der Waals surface area contributed by atoms with Crippen LogP contribution in [0.2, 0.25) is 0 Å². The van der Waals surface area contributed by atoms with Gasteiger partial charge in [0.25, 0.3) is 0 Å². The third-order valence-corrected chi connectivity index (χ3v) is 5.24. The minimum absolute atomic E-state index is 0.821. The van der Waals surface area contributed by atoms with Crippen LogP contribution in [0.4, 0.5) is 10.8 Å². The van der Waals surface area contributed by atoms with Gasteiger partial charge in [0.2, 0.25) is 0 Å². The number of hydrogen-bond donors (Lipinski definition) is 1. The second-order valence-electron chi connectivity index (χ2n) is 4.01. The molecule has 0 bridgehead atoms. The van der Waals surface area contributed by atoms with Crippen molar-refractivity contribution in [1.29, 1.82) is 0 Å². The Morgan fingerprint density at radius 3 is 2.80 bits per heavy atom. The van der Waals surface area contributed by atoms with Gasteiger partial charge in [-0.2, -0.15) is 0 Å². The SMILES string of the molecule is Cc1nnc(SCc2csc(Nc3ccccc3)n2)s1. The molecule has 3 aromatic rings. The third kappa shape index (κ3) is 3.56. The molecule has 2 heterocycles. The molecule has 0 aliphatic heterocycles. The van der Waals surface area contributed by atoms with E-state index in [1.807, 2.05) is 37.3 Å². The van der Waals surface area contributed by atoms with E-state index in [-0.39, 0.29) is 0 Å². The van der Waals surface area contributed by atoms with Crippen molar-refractivity contribution in [3.05, 3.63) is 46.4 Å². The molecule has 7 heteroatoms. The molecule has 4 nitrogen and oxygen atoms in total. The fourth-order valence-electron chi connectivity index (χ4n) is 1.55. The fourth-order valence-corrected chi connectivity index (χ4v) is 4.09. The van der Waals surface area contributed by atoms with E-state index < -0.39 is 0 Å². The Labute approximate surface area is 129 Å². The van der Waals surface area contributed by atoms with E-state index in [0.717, 1.165) is 31.6 Å². The Kier molecular flexibility index (Phi) is 4.29. The van der Waals surface area contributed by atoms with Crippen LogP contribution in [-0.2, 0) is 5.75 Å². The summed E-state index contributed by atoms with van der Waals surface area (Å²) < 4.78 is 0.994. The maximum absolute atomic E-state index is 4.57. The predicted octanol–water partition coefficient (Wildman–Crippen LogP) is 4.34. The van der Waals surface area contributed by atoms with Gasteiger partial charge in [-0.15, -0.1) is 21.5 Å². The quantitative estimate of drug-likeness (QED) is 0.709. The van der Waals surface area contributed by atoms with E-state index in [1.54, 1.807) is 34.4 Å². The van der Waals surface area contributed by atoms with Crippen molar-refractivity contribution >= 4 is 45.3 Å². The molecule has 0 atom stereocenters. The lowest BCUT2D eigenvalue weighted by Gasteiger charge is -2.00. The van der Waals surface area contributed by atoms with E-state index in [0.29, 0.717) is 0 Å². The molecule has 0 amide bonds. The number of aromatic nitrogens is 3. The average Bonchev–Trinajstić information content (AvgIpc) is 3.07. The molecule has 0 radical (unpaired) electrons. The smallest absolute Gasteiger partial charge is 0.187 e. The van der Waals surface area contributed by atoms with Crippen molar-refractivity contribution in [3.8, 4) is 0 Å². The number of benzene rings is 1. The molecule has 3 rings (SSSR count). The Balaban J connectivity index is 1.59. The number of nitrogens with zero attached hydrogens (tertiary/aromatic N) is 3. The van der Waals surface area contributed by atoms with Crippen molar-refractivity contribution < 1.29 is 0 Å². The maximum Gasteiger partial charge on any atom is 0.187 e. The average molecular weight is 320 g/mol. The monoisotopic (exact) mass is 320 g/mol. The largest absolute Gasteiger partial charge is 0.332 e. The highest BCUT2D eigenvalue weighted by molar-refractivity contribution is 8.00. The lowest BCUT2D eigenvalue weighted by Crippen LogP contribution is -1.89. The lowest BCUT2D eigenvalue weighted by molar-refractivity contribution is 0.983. The van der Waals surface area contributed by atoms with Gasteiger partial charge < -0.3 is 5.32 Å². The van der Waals surface area contributed by atoms with E-state index >= 15 is 0 Å². The summed E-state index contributed by atoms with van der Waals surface area (Å²) in [5.74, 6) is 0.821. The normalized spacial score (nSPS) is 10.7. The van der Waals surface area contributed by atoms with Crippen LogP contribution in [0.25, 0.3) is 0 Å². The van der Waals surface area contributed by atoms with Gasteiger partial charge in [0.05, 0.1) is 5.69 Å². The fraction of sp³-hybridized carbons (Fsp3) is 0.154. The summed E-state index contributed by atoms with van der Waals surface area (Å²) in [5.41, 5.74) is 2.12. The Hall–Kier alpha value is -1.44. The molecule has 1 N–H and O–H groups in total. The summed E-state index contributed by atoms with van der Waals surface area (Å²) in [6.07, 6.45) is 0. The second-order valence-corrected chi connectivity index (χ2v) is 7.27. The molecular formula is C13H12N4S3. The summed E-state index contributed by atoms with van der Waals surface area (Å²) in [4.78, 5) is 4.57. The molecule has 102 valence electrons. The van der Waals surface area contributed by atoms with E-state index in [4.69, 9.17) is 0 Å². The van der Waals surface area contributed by atoms with Gasteiger partial charge in [-0.25, -0.2) is 4.98 Å². The van der Waals surface area contributed by atoms with Gasteiger partial charge in [0.15, 0.2) is 9.47 Å². The van der Waals surface area contributed by atoms with Crippen molar-refractivity contribution in [1.82, 2.24) is 15.2 Å². The zero-order chi connectivity index (χ0) is 13.8. The Bertz CT molecular complexity index is 678. The molecular weight excluding hydrogens is 308 g/mol. The second kappa shape index (κ2) is 6.34. The number of thiazole rings is 1. The summed E-state index contributed by atoms with van der Waals surface area (Å²) in [6, 6.07) is 10.1. The van der Waals surface area contributed by atoms with Crippen LogP contribution in [0.3, 0.4) is 0 Å². The summed E-state index contributed by atoms with van der Waals surface area (Å²) in [6.45, 7) is 1.96. The van der Waals surface area contributed by atoms with Crippen molar-refractivity contribution in [2.24, 2.45) is 0 Å². The van der Waals surface area contributed by atoms with Gasteiger partial charge in [-0.1, -0.05) is 41.3 Å². The number of hydrogen-bond acceptors (Lipinski definition) is 7. The minimum atomic E-state index is 0.821. The summed E-state index contributed by atoms with van der Waals surface area (Å²) in [7, 11) is 0. The number of para-hydroxylation sites is 1. The number of rotatable bonds is 5. The van der Waals surface area contributed by atoms with Crippen LogP contribution >= 0.6 is 34.4 Å². The van der Waals surface area contributed by atoms with Crippen LogP contribution in [0.5, 0.6) is 0 Å². The first-order chi connectivity index (χ1) is 9.79. The van der Waals surface area contributed by atoms with Gasteiger partial charge in [0.1, 0.15) is 5.01 Å². The predicted molar refractivity (Wildman–Crippen MR) is 86.0 cm³/mol. The van der Waals surface area contributed by atoms with Crippen LogP contribution in [-0.4, -0.2) is 15.2 Å². The number of anilines is 2. The van der Waals surface area contributed by atoms with Gasteiger partial charge >= 0.3 is 0 Å². The van der Waals surface area contributed by atoms with E-state index in [2.05, 4.69) is 25.9 Å². The topological polar surface area (TPSA) is 50.7 Å². The molecule has 0 unspecified atom stereocenters. The highest BCUT2D eigenvalue weighted by Crippen LogP contribution is 2.28. The molecule has 0 saturated carbocycles. The molecule has 20 heavy (non-hydrogen) atoms. The first kappa shape index (κ1) is 13.5. The van der Waals surface area contributed by atoms with Crippen LogP contribution in [0.1, 0.15) is 10.7 Å². The standard InChI is InChI=1S/C13H12N4S3/c1-9-16-17-13(20-9)19-8-11-7-18-12(15-11)14-10-5-3-2-4-6-10/h2-7H,8H2,1H3,(H,14,15). The minimum Gasteiger partial charge on any atom is -0.332 e. The highest BCUT2D eigenvalue weighted by Gasteiger charge is 2.06. The van der Waals surface area contributed by atoms with Gasteiger partial charge in [0, 0.05) is 16.8 Å². The number of nitrogens with one attached hydrogen (secondary N) is 1. The summed E-state index contributed by atoms with van der Waals surface area (Å²) in [5, 5.41) is 15.4. The van der Waals surface area contributed by atoms with Crippen LogP contribution in [0, 0.1) is 6.92 Å². The highest BCUT2D eigenvalue weighted by atomic mass is 32.2. The number of thioether (sulfide) groups is 1. The first-order valence-electron chi connectivity index (χ1n) is 5.99. The molecule has 0 spiro atoms. The van der Waals surface area contributed by atoms with E-state index in [1.165, 1.54) is 0 Å². The van der Waals surface area contributed by atoms with E-state index in [9.17, 15) is 0 Å². The zero-order valence-corrected chi connectivity index (χ0v) is 13.2. The van der Waals surface area contributed by atoms with Crippen molar-refractivity contribution in [2.45, 2.75) is 17.0 Å². The summed E-state index contributed by atoms with van der Waals surface area (Å²) >= 11 is 4.91. The van der Waals surface area contributed by atoms with Crippen molar-refractivity contribution in [2.75, 3.05) is 5.32 Å². The maximum atomic E-state index is 4.57. The van der Waals surface area contributed by atoms with Crippen LogP contribution in [0.15, 0.2) is 40.1 Å². The van der Waals surface area contributed by atoms with Crippen molar-refractivity contribution in [3.63, 3.8) is 0 Å². The number of aryl methyl sites for hydroxylation is 1. The molecule has 0 fully saturated rings.